The molecule has 108 valence electrons. The zero-order valence-corrected chi connectivity index (χ0v) is 11.4. The molecule has 0 saturated carbocycles. The highest BCUT2D eigenvalue weighted by Gasteiger charge is 2.37. The van der Waals surface area contributed by atoms with Crippen LogP contribution in [0, 0.1) is 11.7 Å². The quantitative estimate of drug-likeness (QED) is 0.857. The fourth-order valence-corrected chi connectivity index (χ4v) is 3.17. The lowest BCUT2D eigenvalue weighted by molar-refractivity contribution is 0.00940. The number of methoxy groups -OCH3 is 1. The number of carbonyl (C=O) groups is 1. The third kappa shape index (κ3) is 2.43. The second-order valence-electron chi connectivity index (χ2n) is 5.45. The van der Waals surface area contributed by atoms with Gasteiger partial charge in [0.1, 0.15) is 11.6 Å². The van der Waals surface area contributed by atoms with E-state index < -0.39 is 5.82 Å². The SMILES string of the molecule is COc1cccc(F)c1C(=O)C1CC2COCC(C1)N2. The topological polar surface area (TPSA) is 47.6 Å². The van der Waals surface area contributed by atoms with Crippen molar-refractivity contribution in [2.45, 2.75) is 24.9 Å². The zero-order valence-electron chi connectivity index (χ0n) is 11.4. The molecule has 2 atom stereocenters. The summed E-state index contributed by atoms with van der Waals surface area (Å²) >= 11 is 0. The number of morpholine rings is 1. The second kappa shape index (κ2) is 5.50. The minimum Gasteiger partial charge on any atom is -0.496 e. The van der Waals surface area contributed by atoms with Crippen molar-refractivity contribution in [3.63, 3.8) is 0 Å². The van der Waals surface area contributed by atoms with Gasteiger partial charge in [0.25, 0.3) is 0 Å². The summed E-state index contributed by atoms with van der Waals surface area (Å²) in [4.78, 5) is 12.6. The van der Waals surface area contributed by atoms with Crippen LogP contribution in [0.1, 0.15) is 23.2 Å². The average molecular weight is 279 g/mol. The zero-order chi connectivity index (χ0) is 14.1. The van der Waals surface area contributed by atoms with Crippen molar-refractivity contribution in [3.8, 4) is 5.75 Å². The van der Waals surface area contributed by atoms with Crippen LogP contribution in [0.3, 0.4) is 0 Å². The maximum atomic E-state index is 14.0. The predicted octanol–water partition coefficient (Wildman–Crippen LogP) is 1.78. The van der Waals surface area contributed by atoms with E-state index in [9.17, 15) is 9.18 Å². The van der Waals surface area contributed by atoms with Crippen LogP contribution in [0.4, 0.5) is 4.39 Å². The normalized spacial score (nSPS) is 29.0. The molecule has 20 heavy (non-hydrogen) atoms. The van der Waals surface area contributed by atoms with Crippen LogP contribution < -0.4 is 10.1 Å². The Hall–Kier alpha value is -1.46. The van der Waals surface area contributed by atoms with Crippen LogP contribution in [-0.2, 0) is 4.74 Å². The maximum absolute atomic E-state index is 14.0. The number of fused-ring (bicyclic) bond motifs is 2. The van der Waals surface area contributed by atoms with E-state index in [1.165, 1.54) is 13.2 Å². The van der Waals surface area contributed by atoms with Gasteiger partial charge in [0.2, 0.25) is 0 Å². The second-order valence-corrected chi connectivity index (χ2v) is 5.45. The molecule has 2 bridgehead atoms. The Kier molecular flexibility index (Phi) is 3.72. The van der Waals surface area contributed by atoms with Crippen LogP contribution in [0.25, 0.3) is 0 Å². The summed E-state index contributed by atoms with van der Waals surface area (Å²) in [5.74, 6) is -0.511. The van der Waals surface area contributed by atoms with Crippen molar-refractivity contribution in [1.29, 1.82) is 0 Å². The number of hydrogen-bond acceptors (Lipinski definition) is 4. The summed E-state index contributed by atoms with van der Waals surface area (Å²) in [6.45, 7) is 1.24. The number of hydrogen-bond donors (Lipinski definition) is 1. The molecule has 3 rings (SSSR count). The molecule has 1 aromatic rings. The van der Waals surface area contributed by atoms with E-state index in [1.807, 2.05) is 0 Å². The molecular weight excluding hydrogens is 261 g/mol. The number of carbonyl (C=O) groups excluding carboxylic acids is 1. The number of halogens is 1. The number of nitrogens with one attached hydrogen (secondary N) is 1. The molecule has 2 unspecified atom stereocenters. The smallest absolute Gasteiger partial charge is 0.172 e. The van der Waals surface area contributed by atoms with Gasteiger partial charge in [0, 0.05) is 18.0 Å². The molecule has 1 N–H and O–H groups in total. The van der Waals surface area contributed by atoms with Crippen LogP contribution in [0.5, 0.6) is 5.75 Å². The molecule has 0 aromatic heterocycles. The van der Waals surface area contributed by atoms with Crippen molar-refractivity contribution < 1.29 is 18.7 Å². The number of ketones is 1. The Bertz CT molecular complexity index is 508. The van der Waals surface area contributed by atoms with E-state index in [0.717, 1.165) is 0 Å². The summed E-state index contributed by atoms with van der Waals surface area (Å²) in [7, 11) is 1.45. The minimum absolute atomic E-state index is 0.0842. The number of ether oxygens (including phenoxy) is 2. The van der Waals surface area contributed by atoms with Crippen molar-refractivity contribution >= 4 is 5.78 Å². The van der Waals surface area contributed by atoms with E-state index in [1.54, 1.807) is 12.1 Å². The number of Topliss-reactive ketones (excluding diaryl/α,β-unsaturated/α-hetero) is 1. The van der Waals surface area contributed by atoms with Gasteiger partial charge in [0.05, 0.1) is 25.9 Å². The first-order valence-electron chi connectivity index (χ1n) is 6.89. The largest absolute Gasteiger partial charge is 0.496 e. The van der Waals surface area contributed by atoms with E-state index >= 15 is 0 Å². The van der Waals surface area contributed by atoms with Crippen LogP contribution in [-0.4, -0.2) is 38.2 Å². The summed E-state index contributed by atoms with van der Waals surface area (Å²) in [5.41, 5.74) is 0.0842. The first-order chi connectivity index (χ1) is 9.69. The summed E-state index contributed by atoms with van der Waals surface area (Å²) in [6, 6.07) is 4.86. The lowest BCUT2D eigenvalue weighted by Gasteiger charge is -2.39. The van der Waals surface area contributed by atoms with Gasteiger partial charge in [-0.2, -0.15) is 0 Å². The molecule has 2 aliphatic heterocycles. The van der Waals surface area contributed by atoms with Crippen LogP contribution in [0.2, 0.25) is 0 Å². The van der Waals surface area contributed by atoms with Gasteiger partial charge in [0.15, 0.2) is 5.78 Å². The standard InChI is InChI=1S/C15H18FNO3/c1-19-13-4-2-3-12(16)14(13)15(18)9-5-10-7-20-8-11(6-9)17-10/h2-4,9-11,17H,5-8H2,1H3. The maximum Gasteiger partial charge on any atom is 0.172 e. The molecule has 0 aliphatic carbocycles. The highest BCUT2D eigenvalue weighted by Crippen LogP contribution is 2.31. The lowest BCUT2D eigenvalue weighted by Crippen LogP contribution is -2.55. The molecule has 1 aromatic carbocycles. The highest BCUT2D eigenvalue weighted by molar-refractivity contribution is 6.00. The molecule has 2 aliphatic rings. The van der Waals surface area contributed by atoms with Gasteiger partial charge < -0.3 is 14.8 Å². The van der Waals surface area contributed by atoms with Crippen LogP contribution in [0.15, 0.2) is 18.2 Å². The summed E-state index contributed by atoms with van der Waals surface area (Å²) in [6.07, 6.45) is 1.37. The van der Waals surface area contributed by atoms with Crippen molar-refractivity contribution in [2.75, 3.05) is 20.3 Å². The van der Waals surface area contributed by atoms with Gasteiger partial charge >= 0.3 is 0 Å². The first-order valence-corrected chi connectivity index (χ1v) is 6.89. The van der Waals surface area contributed by atoms with Crippen molar-refractivity contribution in [2.24, 2.45) is 5.92 Å². The fraction of sp³-hybridized carbons (Fsp3) is 0.533. The molecule has 0 radical (unpaired) electrons. The Balaban J connectivity index is 1.86. The van der Waals surface area contributed by atoms with Crippen LogP contribution >= 0.6 is 0 Å². The number of piperidine rings is 1. The van der Waals surface area contributed by atoms with Gasteiger partial charge in [-0.1, -0.05) is 6.07 Å². The third-order valence-corrected chi connectivity index (χ3v) is 4.06. The van der Waals surface area contributed by atoms with E-state index in [-0.39, 0.29) is 29.3 Å². The Morgan fingerprint density at radius 1 is 1.35 bits per heavy atom. The molecule has 2 heterocycles. The lowest BCUT2D eigenvalue weighted by atomic mass is 9.82. The van der Waals surface area contributed by atoms with E-state index in [4.69, 9.17) is 9.47 Å². The van der Waals surface area contributed by atoms with Crippen molar-refractivity contribution in [3.05, 3.63) is 29.6 Å². The summed E-state index contributed by atoms with van der Waals surface area (Å²) in [5, 5.41) is 3.43. The first kappa shape index (κ1) is 13.5. The fourth-order valence-electron chi connectivity index (χ4n) is 3.17. The molecule has 2 fully saturated rings. The highest BCUT2D eigenvalue weighted by atomic mass is 19.1. The van der Waals surface area contributed by atoms with Gasteiger partial charge in [-0.15, -0.1) is 0 Å². The van der Waals surface area contributed by atoms with Gasteiger partial charge in [-0.05, 0) is 25.0 Å². The molecule has 4 nitrogen and oxygen atoms in total. The minimum atomic E-state index is -0.505. The monoisotopic (exact) mass is 279 g/mol. The molecular formula is C15H18FNO3. The summed E-state index contributed by atoms with van der Waals surface area (Å²) < 4.78 is 24.6. The molecule has 5 heteroatoms. The number of benzene rings is 1. The van der Waals surface area contributed by atoms with E-state index in [2.05, 4.69) is 5.32 Å². The third-order valence-electron chi connectivity index (χ3n) is 4.06. The number of rotatable bonds is 3. The Morgan fingerprint density at radius 2 is 2.05 bits per heavy atom. The molecule has 0 spiro atoms. The van der Waals surface area contributed by atoms with Gasteiger partial charge in [-0.25, -0.2) is 4.39 Å². The van der Waals surface area contributed by atoms with Gasteiger partial charge in [-0.3, -0.25) is 4.79 Å². The Labute approximate surface area is 117 Å². The van der Waals surface area contributed by atoms with Crippen molar-refractivity contribution in [1.82, 2.24) is 5.32 Å². The molecule has 2 saturated heterocycles. The van der Waals surface area contributed by atoms with E-state index in [0.29, 0.717) is 31.8 Å². The Morgan fingerprint density at radius 3 is 2.70 bits per heavy atom. The molecule has 0 amide bonds. The predicted molar refractivity (Wildman–Crippen MR) is 71.5 cm³/mol. The average Bonchev–Trinajstić information content (AvgIpc) is 2.45.